The van der Waals surface area contributed by atoms with Crippen LogP contribution in [0, 0.1) is 0 Å². The van der Waals surface area contributed by atoms with Crippen molar-refractivity contribution in [2.24, 2.45) is 0 Å². The number of likely N-dealkylation sites (N-methyl/N-ethyl adjacent to an activating group) is 1. The van der Waals surface area contributed by atoms with Gasteiger partial charge in [0.1, 0.15) is 0 Å². The van der Waals surface area contributed by atoms with Gasteiger partial charge in [-0.25, -0.2) is 0 Å². The van der Waals surface area contributed by atoms with E-state index in [1.54, 1.807) is 0 Å². The molecule has 1 amide bonds. The van der Waals surface area contributed by atoms with Crippen LogP contribution in [0.15, 0.2) is 0 Å². The van der Waals surface area contributed by atoms with E-state index in [0.29, 0.717) is 6.42 Å². The molecule has 1 saturated heterocycles. The van der Waals surface area contributed by atoms with Crippen LogP contribution in [0.4, 0.5) is 0 Å². The first-order valence-corrected chi connectivity index (χ1v) is 7.16. The molecular weight excluding hydrogens is 226 g/mol. The van der Waals surface area contributed by atoms with Gasteiger partial charge in [-0.15, -0.1) is 0 Å². The highest BCUT2D eigenvalue weighted by Gasteiger charge is 2.16. The van der Waals surface area contributed by atoms with Crippen LogP contribution in [0.2, 0.25) is 0 Å². The van der Waals surface area contributed by atoms with Gasteiger partial charge in [0.05, 0.1) is 0 Å². The molecule has 0 aromatic carbocycles. The van der Waals surface area contributed by atoms with Gasteiger partial charge in [0, 0.05) is 38.1 Å². The zero-order valence-corrected chi connectivity index (χ0v) is 12.5. The summed E-state index contributed by atoms with van der Waals surface area (Å²) in [5.74, 6) is 0.176. The standard InChI is InChI=1S/C14H29N3O/c1-5-16-9-11-17(12-10-16)8-6-7-13(18)15-14(2,3)4/h5-12H2,1-4H3,(H,15,18). The van der Waals surface area contributed by atoms with Gasteiger partial charge >= 0.3 is 0 Å². The lowest BCUT2D eigenvalue weighted by Crippen LogP contribution is -2.46. The van der Waals surface area contributed by atoms with E-state index in [-0.39, 0.29) is 11.4 Å². The molecule has 0 aromatic heterocycles. The van der Waals surface area contributed by atoms with Crippen LogP contribution in [0.3, 0.4) is 0 Å². The molecule has 106 valence electrons. The van der Waals surface area contributed by atoms with E-state index in [1.165, 1.54) is 13.1 Å². The van der Waals surface area contributed by atoms with Gasteiger partial charge in [-0.2, -0.15) is 0 Å². The van der Waals surface area contributed by atoms with E-state index in [9.17, 15) is 4.79 Å². The summed E-state index contributed by atoms with van der Waals surface area (Å²) in [6, 6.07) is 0. The van der Waals surface area contributed by atoms with Crippen LogP contribution in [-0.4, -0.2) is 60.5 Å². The van der Waals surface area contributed by atoms with Crippen LogP contribution < -0.4 is 5.32 Å². The van der Waals surface area contributed by atoms with E-state index in [2.05, 4.69) is 22.0 Å². The largest absolute Gasteiger partial charge is 0.352 e. The predicted molar refractivity (Wildman–Crippen MR) is 75.7 cm³/mol. The van der Waals surface area contributed by atoms with E-state index < -0.39 is 0 Å². The minimum atomic E-state index is -0.107. The molecule has 1 aliphatic heterocycles. The minimum absolute atomic E-state index is 0.107. The number of rotatable bonds is 5. The lowest BCUT2D eigenvalue weighted by Gasteiger charge is -2.34. The molecule has 4 heteroatoms. The summed E-state index contributed by atoms with van der Waals surface area (Å²) in [4.78, 5) is 16.6. The topological polar surface area (TPSA) is 35.6 Å². The second kappa shape index (κ2) is 7.10. The molecule has 1 heterocycles. The Labute approximate surface area is 112 Å². The van der Waals surface area contributed by atoms with Crippen molar-refractivity contribution in [3.63, 3.8) is 0 Å². The Morgan fingerprint density at radius 2 is 1.67 bits per heavy atom. The zero-order valence-electron chi connectivity index (χ0n) is 12.5. The lowest BCUT2D eigenvalue weighted by molar-refractivity contribution is -0.122. The Balaban J connectivity index is 2.10. The maximum absolute atomic E-state index is 11.7. The Hall–Kier alpha value is -0.610. The highest BCUT2D eigenvalue weighted by atomic mass is 16.1. The average molecular weight is 255 g/mol. The smallest absolute Gasteiger partial charge is 0.220 e. The van der Waals surface area contributed by atoms with Crippen LogP contribution >= 0.6 is 0 Å². The van der Waals surface area contributed by atoms with Crippen LogP contribution in [0.5, 0.6) is 0 Å². The Bertz CT molecular complexity index is 252. The van der Waals surface area contributed by atoms with Gasteiger partial charge in [0.25, 0.3) is 0 Å². The monoisotopic (exact) mass is 255 g/mol. The van der Waals surface area contributed by atoms with E-state index >= 15 is 0 Å². The van der Waals surface area contributed by atoms with Crippen molar-refractivity contribution in [2.75, 3.05) is 39.3 Å². The molecule has 18 heavy (non-hydrogen) atoms. The number of carbonyl (C=O) groups is 1. The van der Waals surface area contributed by atoms with E-state index in [1.807, 2.05) is 20.8 Å². The third-order valence-electron chi connectivity index (χ3n) is 3.30. The summed E-state index contributed by atoms with van der Waals surface area (Å²) in [6.07, 6.45) is 1.61. The van der Waals surface area contributed by atoms with Crippen LogP contribution in [0.1, 0.15) is 40.5 Å². The first-order valence-electron chi connectivity index (χ1n) is 7.16. The quantitative estimate of drug-likeness (QED) is 0.805. The van der Waals surface area contributed by atoms with Crippen molar-refractivity contribution < 1.29 is 4.79 Å². The molecule has 0 atom stereocenters. The molecule has 4 nitrogen and oxygen atoms in total. The SMILES string of the molecule is CCN1CCN(CCCC(=O)NC(C)(C)C)CC1. The normalized spacial score (nSPS) is 18.9. The predicted octanol–water partition coefficient (Wildman–Crippen LogP) is 1.32. The van der Waals surface area contributed by atoms with Crippen LogP contribution in [0.25, 0.3) is 0 Å². The molecule has 0 aromatic rings. The Morgan fingerprint density at radius 3 is 2.17 bits per heavy atom. The number of nitrogens with one attached hydrogen (secondary N) is 1. The second-order valence-electron chi connectivity index (χ2n) is 6.18. The Kier molecular flexibility index (Phi) is 6.09. The van der Waals surface area contributed by atoms with Gasteiger partial charge in [-0.3, -0.25) is 4.79 Å². The Morgan fingerprint density at radius 1 is 1.11 bits per heavy atom. The van der Waals surface area contributed by atoms with Crippen molar-refractivity contribution >= 4 is 5.91 Å². The molecule has 0 spiro atoms. The number of piperazine rings is 1. The summed E-state index contributed by atoms with van der Waals surface area (Å²) < 4.78 is 0. The number of hydrogen-bond acceptors (Lipinski definition) is 3. The van der Waals surface area contributed by atoms with Crippen molar-refractivity contribution in [2.45, 2.75) is 46.1 Å². The van der Waals surface area contributed by atoms with Gasteiger partial charge in [0.15, 0.2) is 0 Å². The summed E-state index contributed by atoms with van der Waals surface area (Å²) in [5.41, 5.74) is -0.107. The summed E-state index contributed by atoms with van der Waals surface area (Å²) in [7, 11) is 0. The number of amides is 1. The minimum Gasteiger partial charge on any atom is -0.352 e. The molecule has 1 fully saturated rings. The summed E-state index contributed by atoms with van der Waals surface area (Å²) in [6.45, 7) is 15.1. The summed E-state index contributed by atoms with van der Waals surface area (Å²) in [5, 5.41) is 3.01. The number of nitrogens with zero attached hydrogens (tertiary/aromatic N) is 2. The lowest BCUT2D eigenvalue weighted by atomic mass is 10.1. The molecule has 0 radical (unpaired) electrons. The maximum Gasteiger partial charge on any atom is 0.220 e. The van der Waals surface area contributed by atoms with Gasteiger partial charge in [0.2, 0.25) is 5.91 Å². The number of carbonyl (C=O) groups excluding carboxylic acids is 1. The average Bonchev–Trinajstić information content (AvgIpc) is 2.27. The fourth-order valence-corrected chi connectivity index (χ4v) is 2.27. The van der Waals surface area contributed by atoms with Gasteiger partial charge < -0.3 is 15.1 Å². The molecule has 0 bridgehead atoms. The number of hydrogen-bond donors (Lipinski definition) is 1. The van der Waals surface area contributed by atoms with Crippen molar-refractivity contribution in [1.29, 1.82) is 0 Å². The third-order valence-corrected chi connectivity index (χ3v) is 3.30. The first kappa shape index (κ1) is 15.4. The third kappa shape index (κ3) is 6.36. The van der Waals surface area contributed by atoms with E-state index in [0.717, 1.165) is 32.6 Å². The molecular formula is C14H29N3O. The first-order chi connectivity index (χ1) is 8.40. The highest BCUT2D eigenvalue weighted by Crippen LogP contribution is 2.04. The fraction of sp³-hybridized carbons (Fsp3) is 0.929. The zero-order chi connectivity index (χ0) is 13.6. The van der Waals surface area contributed by atoms with Crippen molar-refractivity contribution in [1.82, 2.24) is 15.1 Å². The van der Waals surface area contributed by atoms with Crippen LogP contribution in [-0.2, 0) is 4.79 Å². The van der Waals surface area contributed by atoms with Crippen molar-refractivity contribution in [3.8, 4) is 0 Å². The maximum atomic E-state index is 11.7. The molecule has 0 saturated carbocycles. The van der Waals surface area contributed by atoms with Crippen molar-refractivity contribution in [3.05, 3.63) is 0 Å². The highest BCUT2D eigenvalue weighted by molar-refractivity contribution is 5.76. The van der Waals surface area contributed by atoms with Gasteiger partial charge in [-0.05, 0) is 40.3 Å². The molecule has 0 unspecified atom stereocenters. The van der Waals surface area contributed by atoms with E-state index in [4.69, 9.17) is 0 Å². The fourth-order valence-electron chi connectivity index (χ4n) is 2.27. The summed E-state index contributed by atoms with van der Waals surface area (Å²) >= 11 is 0. The second-order valence-corrected chi connectivity index (χ2v) is 6.18. The molecule has 0 aliphatic carbocycles. The van der Waals surface area contributed by atoms with Gasteiger partial charge in [-0.1, -0.05) is 6.92 Å². The molecule has 1 rings (SSSR count). The molecule has 1 N–H and O–H groups in total. The molecule has 1 aliphatic rings.